The third-order valence-corrected chi connectivity index (χ3v) is 5.18. The van der Waals surface area contributed by atoms with Gasteiger partial charge in [-0.05, 0) is 71.4 Å². The lowest BCUT2D eigenvalue weighted by Gasteiger charge is -2.17. The van der Waals surface area contributed by atoms with Crippen LogP contribution >= 0.6 is 38.9 Å². The molecule has 4 heteroatoms. The van der Waals surface area contributed by atoms with Crippen molar-refractivity contribution in [2.45, 2.75) is 26.8 Å². The molecule has 2 rings (SSSR count). The Hall–Kier alpha value is -0.510. The molecule has 18 heavy (non-hydrogen) atoms. The lowest BCUT2D eigenvalue weighted by atomic mass is 10.1. The maximum absolute atomic E-state index is 6.17. The molecule has 2 aromatic rings. The van der Waals surface area contributed by atoms with E-state index in [1.807, 2.05) is 19.1 Å². The minimum absolute atomic E-state index is 0.278. The number of rotatable bonds is 3. The van der Waals surface area contributed by atoms with E-state index in [9.17, 15) is 0 Å². The fourth-order valence-electron chi connectivity index (χ4n) is 1.88. The van der Waals surface area contributed by atoms with Crippen LogP contribution in [0.2, 0.25) is 5.02 Å². The Balaban J connectivity index is 2.24. The summed E-state index contributed by atoms with van der Waals surface area (Å²) in [5.74, 6) is 0. The van der Waals surface area contributed by atoms with Crippen LogP contribution in [-0.2, 0) is 0 Å². The fraction of sp³-hybridized carbons (Fsp3) is 0.286. The first-order valence-electron chi connectivity index (χ1n) is 5.75. The second-order valence-electron chi connectivity index (χ2n) is 4.42. The van der Waals surface area contributed by atoms with E-state index in [0.717, 1.165) is 20.7 Å². The number of anilines is 1. The summed E-state index contributed by atoms with van der Waals surface area (Å²) in [6, 6.07) is 6.44. The average molecular weight is 345 g/mol. The zero-order valence-corrected chi connectivity index (χ0v) is 13.7. The molecule has 0 saturated carbocycles. The van der Waals surface area contributed by atoms with Crippen LogP contribution in [-0.4, -0.2) is 0 Å². The summed E-state index contributed by atoms with van der Waals surface area (Å²) in [5, 5.41) is 6.41. The van der Waals surface area contributed by atoms with Crippen LogP contribution < -0.4 is 5.32 Å². The third-order valence-electron chi connectivity index (χ3n) is 2.92. The summed E-state index contributed by atoms with van der Waals surface area (Å²) < 4.78 is 1.05. The largest absolute Gasteiger partial charge is 0.377 e. The minimum Gasteiger partial charge on any atom is -0.377 e. The Labute approximate surface area is 125 Å². The molecule has 0 aliphatic heterocycles. The molecule has 0 radical (unpaired) electrons. The van der Waals surface area contributed by atoms with E-state index >= 15 is 0 Å². The Morgan fingerprint density at radius 2 is 2.00 bits per heavy atom. The van der Waals surface area contributed by atoms with Gasteiger partial charge in [0.25, 0.3) is 0 Å². The van der Waals surface area contributed by atoms with Crippen molar-refractivity contribution in [2.24, 2.45) is 0 Å². The highest BCUT2D eigenvalue weighted by Gasteiger charge is 2.12. The van der Waals surface area contributed by atoms with Gasteiger partial charge < -0.3 is 5.32 Å². The number of benzene rings is 1. The third kappa shape index (κ3) is 2.90. The van der Waals surface area contributed by atoms with E-state index < -0.39 is 0 Å². The normalized spacial score (nSPS) is 12.5. The average Bonchev–Trinajstić information content (AvgIpc) is 2.72. The lowest BCUT2D eigenvalue weighted by molar-refractivity contribution is 0.897. The van der Waals surface area contributed by atoms with Crippen molar-refractivity contribution in [1.82, 2.24) is 0 Å². The summed E-state index contributed by atoms with van der Waals surface area (Å²) in [5.41, 5.74) is 3.44. The predicted molar refractivity (Wildman–Crippen MR) is 85.0 cm³/mol. The van der Waals surface area contributed by atoms with Crippen molar-refractivity contribution < 1.29 is 0 Å². The molecule has 96 valence electrons. The van der Waals surface area contributed by atoms with Crippen molar-refractivity contribution in [2.75, 3.05) is 5.32 Å². The molecule has 0 bridgehead atoms. The second-order valence-corrected chi connectivity index (χ2v) is 6.62. The smallest absolute Gasteiger partial charge is 0.0581 e. The highest BCUT2D eigenvalue weighted by molar-refractivity contribution is 9.10. The zero-order valence-electron chi connectivity index (χ0n) is 10.6. The molecule has 0 saturated heterocycles. The van der Waals surface area contributed by atoms with Crippen LogP contribution in [0.3, 0.4) is 0 Å². The number of halogens is 2. The molecule has 0 aliphatic carbocycles. The maximum atomic E-state index is 6.17. The van der Waals surface area contributed by atoms with Gasteiger partial charge in [0.1, 0.15) is 0 Å². The van der Waals surface area contributed by atoms with Gasteiger partial charge in [0.05, 0.1) is 11.7 Å². The van der Waals surface area contributed by atoms with Gasteiger partial charge in [-0.2, -0.15) is 0 Å². The van der Waals surface area contributed by atoms with Gasteiger partial charge in [0.15, 0.2) is 0 Å². The molecule has 1 heterocycles. The standard InChI is InChI=1S/C14H15BrClNS/c1-8-4-5-18-14(8)10(3)17-13-7-12(16)9(2)6-11(13)15/h4-7,10,17H,1-3H3. The summed E-state index contributed by atoms with van der Waals surface area (Å²) in [4.78, 5) is 1.36. The predicted octanol–water partition coefficient (Wildman–Crippen LogP) is 5.95. The molecule has 0 amide bonds. The quantitative estimate of drug-likeness (QED) is 0.725. The van der Waals surface area contributed by atoms with Crippen molar-refractivity contribution in [3.63, 3.8) is 0 Å². The van der Waals surface area contributed by atoms with Crippen molar-refractivity contribution in [3.8, 4) is 0 Å². The number of aryl methyl sites for hydroxylation is 2. The van der Waals surface area contributed by atoms with E-state index in [0.29, 0.717) is 0 Å². The molecular formula is C14H15BrClNS. The minimum atomic E-state index is 0.278. The van der Waals surface area contributed by atoms with Crippen LogP contribution in [0.1, 0.15) is 29.0 Å². The first-order chi connectivity index (χ1) is 8.49. The highest BCUT2D eigenvalue weighted by Crippen LogP contribution is 2.33. The van der Waals surface area contributed by atoms with E-state index in [4.69, 9.17) is 11.6 Å². The molecule has 1 atom stereocenters. The van der Waals surface area contributed by atoms with Crippen LogP contribution in [0.15, 0.2) is 28.1 Å². The molecule has 0 fully saturated rings. The van der Waals surface area contributed by atoms with Gasteiger partial charge in [-0.3, -0.25) is 0 Å². The first kappa shape index (κ1) is 13.9. The number of hydrogen-bond donors (Lipinski definition) is 1. The zero-order chi connectivity index (χ0) is 13.3. The molecule has 0 aliphatic rings. The first-order valence-corrected chi connectivity index (χ1v) is 7.80. The molecule has 0 spiro atoms. The summed E-state index contributed by atoms with van der Waals surface area (Å²) in [6.45, 7) is 6.31. The van der Waals surface area contributed by atoms with Gasteiger partial charge in [-0.15, -0.1) is 11.3 Å². The van der Waals surface area contributed by atoms with E-state index in [2.05, 4.69) is 46.5 Å². The molecule has 1 aromatic heterocycles. The molecular weight excluding hydrogens is 330 g/mol. The van der Waals surface area contributed by atoms with Crippen LogP contribution in [0.5, 0.6) is 0 Å². The van der Waals surface area contributed by atoms with Crippen molar-refractivity contribution >= 4 is 44.6 Å². The molecule has 1 N–H and O–H groups in total. The maximum Gasteiger partial charge on any atom is 0.0581 e. The molecule has 1 unspecified atom stereocenters. The van der Waals surface area contributed by atoms with E-state index in [1.54, 1.807) is 11.3 Å². The number of hydrogen-bond acceptors (Lipinski definition) is 2. The summed E-state index contributed by atoms with van der Waals surface area (Å²) in [6.07, 6.45) is 0. The van der Waals surface area contributed by atoms with Gasteiger partial charge in [-0.25, -0.2) is 0 Å². The van der Waals surface area contributed by atoms with Crippen molar-refractivity contribution in [3.05, 3.63) is 49.1 Å². The van der Waals surface area contributed by atoms with Gasteiger partial charge in [-0.1, -0.05) is 11.6 Å². The number of nitrogens with one attached hydrogen (secondary N) is 1. The number of thiophene rings is 1. The van der Waals surface area contributed by atoms with Gasteiger partial charge >= 0.3 is 0 Å². The Bertz CT molecular complexity index is 565. The van der Waals surface area contributed by atoms with E-state index in [1.165, 1.54) is 10.4 Å². The van der Waals surface area contributed by atoms with Gasteiger partial charge in [0, 0.05) is 14.4 Å². The van der Waals surface area contributed by atoms with Crippen LogP contribution in [0, 0.1) is 13.8 Å². The Kier molecular flexibility index (Phi) is 4.36. The van der Waals surface area contributed by atoms with Gasteiger partial charge in [0.2, 0.25) is 0 Å². The monoisotopic (exact) mass is 343 g/mol. The Morgan fingerprint density at radius 1 is 1.28 bits per heavy atom. The second kappa shape index (κ2) is 5.64. The molecule has 1 aromatic carbocycles. The van der Waals surface area contributed by atoms with E-state index in [-0.39, 0.29) is 6.04 Å². The SMILES string of the molecule is Cc1cc(Br)c(NC(C)c2sccc2C)cc1Cl. The fourth-order valence-corrected chi connectivity index (χ4v) is 3.56. The molecule has 1 nitrogen and oxygen atoms in total. The Morgan fingerprint density at radius 3 is 2.61 bits per heavy atom. The summed E-state index contributed by atoms with van der Waals surface area (Å²) >= 11 is 11.5. The topological polar surface area (TPSA) is 12.0 Å². The van der Waals surface area contributed by atoms with Crippen LogP contribution in [0.25, 0.3) is 0 Å². The lowest BCUT2D eigenvalue weighted by Crippen LogP contribution is -2.06. The van der Waals surface area contributed by atoms with Crippen LogP contribution in [0.4, 0.5) is 5.69 Å². The summed E-state index contributed by atoms with van der Waals surface area (Å²) in [7, 11) is 0. The van der Waals surface area contributed by atoms with Crippen molar-refractivity contribution in [1.29, 1.82) is 0 Å². The highest BCUT2D eigenvalue weighted by atomic mass is 79.9.